The first-order valence-electron chi connectivity index (χ1n) is 21.4. The van der Waals surface area contributed by atoms with Crippen molar-refractivity contribution in [3.63, 3.8) is 0 Å². The summed E-state index contributed by atoms with van der Waals surface area (Å²) >= 11 is 0. The fraction of sp³-hybridized carbons (Fsp3) is 0.0333. The second-order valence-corrected chi connectivity index (χ2v) is 16.5. The zero-order valence-corrected chi connectivity index (χ0v) is 34.7. The van der Waals surface area contributed by atoms with Gasteiger partial charge in [-0.25, -0.2) is 0 Å². The van der Waals surface area contributed by atoms with E-state index in [0.29, 0.717) is 11.1 Å². The van der Waals surface area contributed by atoms with Crippen LogP contribution in [0.15, 0.2) is 230 Å². The average Bonchev–Trinajstić information content (AvgIpc) is 3.59. The van der Waals surface area contributed by atoms with Gasteiger partial charge in [0.15, 0.2) is 11.6 Å². The number of fused-ring (bicyclic) bond motifs is 3. The van der Waals surface area contributed by atoms with Crippen molar-refractivity contribution in [2.45, 2.75) is 12.3 Å². The van der Waals surface area contributed by atoms with Gasteiger partial charge in [0.1, 0.15) is 0 Å². The van der Waals surface area contributed by atoms with Crippen molar-refractivity contribution in [1.29, 1.82) is 0 Å². The zero-order chi connectivity index (χ0) is 42.5. The van der Waals surface area contributed by atoms with Crippen molar-refractivity contribution in [2.75, 3.05) is 4.90 Å². The SMILES string of the molecule is CC1(c2ccccc2)c2ccccc2N(c2c(-c3ccc(-c4ccccc4)cc3)cccc2-c2ccc(-c3ccccc3)cc2)c2ccc(C=C3C(=O)c4ccccc4C3=O)cc21. The highest BCUT2D eigenvalue weighted by Gasteiger charge is 2.43. The van der Waals surface area contributed by atoms with Crippen LogP contribution in [-0.4, -0.2) is 11.6 Å². The van der Waals surface area contributed by atoms with Gasteiger partial charge in [0.05, 0.1) is 22.6 Å². The van der Waals surface area contributed by atoms with Gasteiger partial charge in [-0.05, 0) is 86.8 Å². The molecule has 0 amide bonds. The van der Waals surface area contributed by atoms with Gasteiger partial charge < -0.3 is 4.90 Å². The Bertz CT molecular complexity index is 3100. The van der Waals surface area contributed by atoms with Crippen molar-refractivity contribution >= 4 is 34.7 Å². The molecule has 11 rings (SSSR count). The summed E-state index contributed by atoms with van der Waals surface area (Å²) in [5.74, 6) is -0.470. The standard InChI is InChI=1S/C60H41NO2/c1-60(47-20-9-4-10-21-47)53-26-13-14-27-55(53)61(56-37-28-40(39-54(56)60)38-52-58(62)50-22-11-12-23-51(50)59(52)63)57-48(45-33-29-43(30-34-45)41-16-5-2-6-17-41)24-15-25-49(57)46-35-31-44(32-36-46)42-18-7-3-8-19-42/h2-39H,1H3. The van der Waals surface area contributed by atoms with Crippen LogP contribution < -0.4 is 4.90 Å². The van der Waals surface area contributed by atoms with Gasteiger partial charge in [0.2, 0.25) is 0 Å². The predicted octanol–water partition coefficient (Wildman–Crippen LogP) is 15.0. The number of hydrogen-bond acceptors (Lipinski definition) is 3. The molecule has 298 valence electrons. The number of anilines is 3. The molecular formula is C60H41NO2. The maximum atomic E-state index is 13.7. The van der Waals surface area contributed by atoms with E-state index < -0.39 is 5.41 Å². The Morgan fingerprint density at radius 3 is 1.37 bits per heavy atom. The Morgan fingerprint density at radius 2 is 0.810 bits per heavy atom. The largest absolute Gasteiger partial charge is 0.309 e. The normalized spacial score (nSPS) is 15.1. The van der Waals surface area contributed by atoms with E-state index in [1.807, 2.05) is 30.3 Å². The summed E-state index contributed by atoms with van der Waals surface area (Å²) < 4.78 is 0. The lowest BCUT2D eigenvalue weighted by Gasteiger charge is -2.45. The fourth-order valence-corrected chi connectivity index (χ4v) is 9.69. The first kappa shape index (κ1) is 37.8. The molecule has 63 heavy (non-hydrogen) atoms. The molecule has 0 radical (unpaired) electrons. The predicted molar refractivity (Wildman–Crippen MR) is 258 cm³/mol. The van der Waals surface area contributed by atoms with Gasteiger partial charge in [-0.3, -0.25) is 9.59 Å². The van der Waals surface area contributed by atoms with E-state index in [9.17, 15) is 9.59 Å². The molecule has 0 fully saturated rings. The second kappa shape index (κ2) is 15.4. The van der Waals surface area contributed by atoms with Crippen molar-refractivity contribution in [2.24, 2.45) is 0 Å². The number of carbonyl (C=O) groups is 2. The van der Waals surface area contributed by atoms with E-state index in [0.717, 1.165) is 72.7 Å². The van der Waals surface area contributed by atoms with Gasteiger partial charge in [-0.1, -0.05) is 206 Å². The number of rotatable bonds is 7. The molecule has 0 aromatic heterocycles. The Hall–Kier alpha value is -8.14. The highest BCUT2D eigenvalue weighted by Crippen LogP contribution is 2.58. The number of Topliss-reactive ketones (excluding diaryl/α,β-unsaturated/α-hetero) is 2. The molecule has 1 aliphatic heterocycles. The van der Waals surface area contributed by atoms with E-state index in [4.69, 9.17) is 0 Å². The van der Waals surface area contributed by atoms with E-state index >= 15 is 0 Å². The van der Waals surface area contributed by atoms with Crippen molar-refractivity contribution in [3.05, 3.63) is 263 Å². The minimum Gasteiger partial charge on any atom is -0.309 e. The molecular weight excluding hydrogens is 767 g/mol. The Balaban J connectivity index is 1.15. The summed E-state index contributed by atoms with van der Waals surface area (Å²) in [5.41, 5.74) is 16.9. The number of para-hydroxylation sites is 2. The number of nitrogens with zero attached hydrogens (tertiary/aromatic N) is 1. The van der Waals surface area contributed by atoms with Gasteiger partial charge in [-0.2, -0.15) is 0 Å². The summed E-state index contributed by atoms with van der Waals surface area (Å²) in [6.45, 7) is 2.30. The van der Waals surface area contributed by atoms with Gasteiger partial charge in [0, 0.05) is 27.7 Å². The summed E-state index contributed by atoms with van der Waals surface area (Å²) in [7, 11) is 0. The number of ketones is 2. The number of allylic oxidation sites excluding steroid dienone is 1. The van der Waals surface area contributed by atoms with Crippen LogP contribution in [0.3, 0.4) is 0 Å². The Kier molecular flexibility index (Phi) is 9.25. The monoisotopic (exact) mass is 807 g/mol. The summed E-state index contributed by atoms with van der Waals surface area (Å²) in [6.07, 6.45) is 1.78. The van der Waals surface area contributed by atoms with Crippen molar-refractivity contribution < 1.29 is 9.59 Å². The highest BCUT2D eigenvalue weighted by molar-refractivity contribution is 6.41. The molecule has 0 N–H and O–H groups in total. The summed E-state index contributed by atoms with van der Waals surface area (Å²) in [5, 5.41) is 0. The lowest BCUT2D eigenvalue weighted by molar-refractivity contribution is 0.0990. The van der Waals surface area contributed by atoms with Gasteiger partial charge in [-0.15, -0.1) is 0 Å². The Labute approximate surface area is 367 Å². The van der Waals surface area contributed by atoms with E-state index in [1.54, 1.807) is 18.2 Å². The van der Waals surface area contributed by atoms with E-state index in [1.165, 1.54) is 11.1 Å². The molecule has 1 unspecified atom stereocenters. The molecule has 0 saturated carbocycles. The number of benzene rings is 9. The molecule has 0 saturated heterocycles. The average molecular weight is 808 g/mol. The maximum absolute atomic E-state index is 13.7. The first-order valence-corrected chi connectivity index (χ1v) is 21.4. The van der Waals surface area contributed by atoms with Crippen LogP contribution in [0.1, 0.15) is 49.9 Å². The first-order chi connectivity index (χ1) is 31.0. The summed E-state index contributed by atoms with van der Waals surface area (Å²) in [6, 6.07) is 78.3. The molecule has 3 heteroatoms. The smallest absolute Gasteiger partial charge is 0.197 e. The molecule has 0 bridgehead atoms. The van der Waals surface area contributed by atoms with Gasteiger partial charge >= 0.3 is 0 Å². The third kappa shape index (κ3) is 6.36. The van der Waals surface area contributed by atoms with Crippen LogP contribution >= 0.6 is 0 Å². The van der Waals surface area contributed by atoms with Crippen LogP contribution in [-0.2, 0) is 5.41 Å². The Morgan fingerprint density at radius 1 is 0.381 bits per heavy atom. The van der Waals surface area contributed by atoms with Crippen LogP contribution in [0, 0.1) is 0 Å². The fourth-order valence-electron chi connectivity index (χ4n) is 9.69. The number of carbonyl (C=O) groups excluding carboxylic acids is 2. The van der Waals surface area contributed by atoms with E-state index in [2.05, 4.69) is 194 Å². The number of hydrogen-bond donors (Lipinski definition) is 0. The molecule has 9 aromatic rings. The van der Waals surface area contributed by atoms with Crippen LogP contribution in [0.5, 0.6) is 0 Å². The lowest BCUT2D eigenvalue weighted by atomic mass is 9.67. The van der Waals surface area contributed by atoms with Crippen molar-refractivity contribution in [1.82, 2.24) is 0 Å². The van der Waals surface area contributed by atoms with Crippen molar-refractivity contribution in [3.8, 4) is 44.5 Å². The molecule has 9 aromatic carbocycles. The third-order valence-corrected chi connectivity index (χ3v) is 12.9. The van der Waals surface area contributed by atoms with Crippen LogP contribution in [0.25, 0.3) is 50.6 Å². The molecule has 1 aliphatic carbocycles. The van der Waals surface area contributed by atoms with Crippen LogP contribution in [0.2, 0.25) is 0 Å². The van der Waals surface area contributed by atoms with Crippen LogP contribution in [0.4, 0.5) is 17.1 Å². The van der Waals surface area contributed by atoms with Gasteiger partial charge in [0.25, 0.3) is 0 Å². The lowest BCUT2D eigenvalue weighted by Crippen LogP contribution is -2.34. The quantitative estimate of drug-likeness (QED) is 0.119. The highest BCUT2D eigenvalue weighted by atomic mass is 16.2. The molecule has 3 nitrogen and oxygen atoms in total. The topological polar surface area (TPSA) is 37.4 Å². The minimum absolute atomic E-state index is 0.191. The third-order valence-electron chi connectivity index (χ3n) is 12.9. The molecule has 0 spiro atoms. The molecule has 1 atom stereocenters. The molecule has 1 heterocycles. The zero-order valence-electron chi connectivity index (χ0n) is 34.7. The summed E-state index contributed by atoms with van der Waals surface area (Å²) in [4.78, 5) is 29.8. The maximum Gasteiger partial charge on any atom is 0.197 e. The molecule has 2 aliphatic rings. The van der Waals surface area contributed by atoms with E-state index in [-0.39, 0.29) is 17.1 Å². The second-order valence-electron chi connectivity index (χ2n) is 16.5. The minimum atomic E-state index is -0.603.